The van der Waals surface area contributed by atoms with Crippen LogP contribution in [0.5, 0.6) is 0 Å². The average Bonchev–Trinajstić information content (AvgIpc) is 2.97. The van der Waals surface area contributed by atoms with Crippen LogP contribution in [0.2, 0.25) is 0 Å². The van der Waals surface area contributed by atoms with E-state index in [1.54, 1.807) is 6.08 Å². The highest BCUT2D eigenvalue weighted by Gasteiger charge is 2.27. The molecule has 0 saturated heterocycles. The Morgan fingerprint density at radius 2 is 1.22 bits per heavy atom. The van der Waals surface area contributed by atoms with Gasteiger partial charge in [0.25, 0.3) is 0 Å². The summed E-state index contributed by atoms with van der Waals surface area (Å²) in [5, 5.41) is 13.5. The van der Waals surface area contributed by atoms with Crippen LogP contribution in [0.4, 0.5) is 0 Å². The van der Waals surface area contributed by atoms with Gasteiger partial charge in [-0.15, -0.1) is 0 Å². The lowest BCUT2D eigenvalue weighted by Gasteiger charge is -2.25. The predicted octanol–water partition coefficient (Wildman–Crippen LogP) is 9.02. The summed E-state index contributed by atoms with van der Waals surface area (Å²) in [5.74, 6) is -0.213. The molecular weight excluding hydrogens is 587 g/mol. The highest BCUT2D eigenvalue weighted by Crippen LogP contribution is 2.43. The number of allylic oxidation sites excluding steroid dienone is 3. The molecule has 0 aromatic carbocycles. The molecule has 0 aliphatic carbocycles. The molecule has 3 N–H and O–H groups in total. The van der Waals surface area contributed by atoms with Crippen molar-refractivity contribution in [3.63, 3.8) is 0 Å². The van der Waals surface area contributed by atoms with E-state index in [1.165, 1.54) is 89.9 Å². The van der Waals surface area contributed by atoms with Crippen LogP contribution in [0.1, 0.15) is 149 Å². The maximum atomic E-state index is 12.4. The molecule has 0 aliphatic heterocycles. The van der Waals surface area contributed by atoms with Gasteiger partial charge in [0.2, 0.25) is 5.91 Å². The molecule has 1 amide bonds. The number of likely N-dealkylation sites (N-methyl/N-ethyl adjacent to an activating group) is 1. The SMILES string of the molecule is CCCCCCCCCCCCCCCC/C=C/CC/C=C/C(O)C(COP(=O)(O)OCC[N+](C)(C)C)NC(=O)CCCCC. The average molecular weight is 660 g/mol. The Labute approximate surface area is 277 Å². The van der Waals surface area contributed by atoms with Crippen LogP contribution in [0.25, 0.3) is 0 Å². The molecule has 0 fully saturated rings. The molecule has 266 valence electrons. The van der Waals surface area contributed by atoms with Crippen LogP contribution < -0.4 is 5.32 Å². The Hall–Kier alpha value is -1.02. The van der Waals surface area contributed by atoms with Gasteiger partial charge >= 0.3 is 7.82 Å². The molecule has 0 aromatic rings. The number of nitrogens with one attached hydrogen (secondary N) is 1. The van der Waals surface area contributed by atoms with Gasteiger partial charge in [0.1, 0.15) is 13.2 Å². The summed E-state index contributed by atoms with van der Waals surface area (Å²) in [6.07, 6.45) is 31.9. The van der Waals surface area contributed by atoms with E-state index in [-0.39, 0.29) is 19.1 Å². The molecule has 3 unspecified atom stereocenters. The third-order valence-electron chi connectivity index (χ3n) is 7.92. The molecule has 0 spiro atoms. The first-order valence-electron chi connectivity index (χ1n) is 18.2. The highest BCUT2D eigenvalue weighted by molar-refractivity contribution is 7.47. The molecule has 0 saturated carbocycles. The van der Waals surface area contributed by atoms with Crippen molar-refractivity contribution in [3.05, 3.63) is 24.3 Å². The molecule has 0 bridgehead atoms. The summed E-state index contributed by atoms with van der Waals surface area (Å²) in [6, 6.07) is -0.853. The maximum absolute atomic E-state index is 12.4. The van der Waals surface area contributed by atoms with Gasteiger partial charge in [-0.1, -0.05) is 134 Å². The highest BCUT2D eigenvalue weighted by atomic mass is 31.2. The van der Waals surface area contributed by atoms with Crippen LogP contribution in [0.3, 0.4) is 0 Å². The number of hydrogen-bond acceptors (Lipinski definition) is 5. The molecule has 0 rings (SSSR count). The van der Waals surface area contributed by atoms with Crippen molar-refractivity contribution in [2.75, 3.05) is 40.9 Å². The van der Waals surface area contributed by atoms with E-state index < -0.39 is 20.0 Å². The number of hydrogen-bond donors (Lipinski definition) is 3. The molecule has 9 heteroatoms. The van der Waals surface area contributed by atoms with Crippen molar-refractivity contribution in [3.8, 4) is 0 Å². The molecule has 45 heavy (non-hydrogen) atoms. The van der Waals surface area contributed by atoms with Crippen LogP contribution >= 0.6 is 7.82 Å². The Morgan fingerprint density at radius 3 is 1.78 bits per heavy atom. The number of nitrogens with zero attached hydrogens (tertiary/aromatic N) is 1. The normalized spacial score (nSPS) is 15.1. The summed E-state index contributed by atoms with van der Waals surface area (Å²) in [7, 11) is 1.55. The van der Waals surface area contributed by atoms with Crippen LogP contribution in [0, 0.1) is 0 Å². The Bertz CT molecular complexity index is 799. The van der Waals surface area contributed by atoms with Gasteiger partial charge in [-0.25, -0.2) is 4.57 Å². The lowest BCUT2D eigenvalue weighted by molar-refractivity contribution is -0.870. The van der Waals surface area contributed by atoms with Crippen LogP contribution in [-0.2, 0) is 18.4 Å². The first-order chi connectivity index (χ1) is 21.5. The minimum absolute atomic E-state index is 0.0562. The minimum Gasteiger partial charge on any atom is -0.387 e. The van der Waals surface area contributed by atoms with Gasteiger partial charge < -0.3 is 19.8 Å². The van der Waals surface area contributed by atoms with Crippen molar-refractivity contribution >= 4 is 13.7 Å². The molecule has 0 aromatic heterocycles. The first-order valence-corrected chi connectivity index (χ1v) is 19.7. The van der Waals surface area contributed by atoms with Crippen molar-refractivity contribution in [1.82, 2.24) is 5.32 Å². The van der Waals surface area contributed by atoms with Crippen molar-refractivity contribution in [2.45, 2.75) is 161 Å². The zero-order chi connectivity index (χ0) is 33.7. The Kier molecular flexibility index (Phi) is 28.5. The van der Waals surface area contributed by atoms with E-state index in [1.807, 2.05) is 27.2 Å². The van der Waals surface area contributed by atoms with Crippen LogP contribution in [0.15, 0.2) is 24.3 Å². The van der Waals surface area contributed by atoms with E-state index in [9.17, 15) is 19.4 Å². The fourth-order valence-electron chi connectivity index (χ4n) is 4.94. The second-order valence-corrected chi connectivity index (χ2v) is 15.0. The number of quaternary nitrogens is 1. The molecule has 0 heterocycles. The van der Waals surface area contributed by atoms with Crippen LogP contribution in [-0.4, -0.2) is 73.4 Å². The Balaban J connectivity index is 4.25. The molecule has 8 nitrogen and oxygen atoms in total. The number of aliphatic hydroxyl groups excluding tert-OH is 1. The van der Waals surface area contributed by atoms with E-state index >= 15 is 0 Å². The summed E-state index contributed by atoms with van der Waals surface area (Å²) < 4.78 is 23.2. The molecule has 3 atom stereocenters. The topological polar surface area (TPSA) is 105 Å². The van der Waals surface area contributed by atoms with Gasteiger partial charge in [-0.2, -0.15) is 0 Å². The molecule has 0 aliphatic rings. The third kappa shape index (κ3) is 31.4. The number of carbonyl (C=O) groups excluding carboxylic acids is 1. The van der Waals surface area contributed by atoms with Crippen molar-refractivity contribution < 1.29 is 32.9 Å². The van der Waals surface area contributed by atoms with E-state index in [2.05, 4.69) is 31.3 Å². The number of phosphoric ester groups is 1. The second kappa shape index (κ2) is 29.1. The number of carbonyl (C=O) groups is 1. The number of unbranched alkanes of at least 4 members (excludes halogenated alkanes) is 17. The lowest BCUT2D eigenvalue weighted by Crippen LogP contribution is -2.45. The van der Waals surface area contributed by atoms with E-state index in [4.69, 9.17) is 9.05 Å². The zero-order valence-electron chi connectivity index (χ0n) is 29.9. The van der Waals surface area contributed by atoms with Gasteiger partial charge in [0.05, 0.1) is 39.9 Å². The van der Waals surface area contributed by atoms with E-state index in [0.29, 0.717) is 17.4 Å². The van der Waals surface area contributed by atoms with Gasteiger partial charge in [0.15, 0.2) is 0 Å². The fourth-order valence-corrected chi connectivity index (χ4v) is 5.67. The summed E-state index contributed by atoms with van der Waals surface area (Å²) in [5.41, 5.74) is 0. The maximum Gasteiger partial charge on any atom is 0.472 e. The fraction of sp³-hybridized carbons (Fsp3) is 0.861. The number of rotatable bonds is 32. The summed E-state index contributed by atoms with van der Waals surface area (Å²) in [6.45, 7) is 4.60. The second-order valence-electron chi connectivity index (χ2n) is 13.6. The largest absolute Gasteiger partial charge is 0.472 e. The number of amides is 1. The third-order valence-corrected chi connectivity index (χ3v) is 8.91. The standard InChI is InChI=1S/C36H71N2O6P/c1-6-8-10-11-12-13-14-15-16-17-18-19-20-21-22-23-24-25-26-28-29-35(39)34(37-36(40)30-27-9-7-2)33-44-45(41,42)43-32-31-38(3,4)5/h23-24,28-29,34-35,39H,6-22,25-27,30-33H2,1-5H3,(H-,37,40,41,42)/p+1/b24-23+,29-28+. The minimum atomic E-state index is -4.32. The lowest BCUT2D eigenvalue weighted by atomic mass is 10.0. The van der Waals surface area contributed by atoms with Crippen molar-refractivity contribution in [1.29, 1.82) is 0 Å². The smallest absolute Gasteiger partial charge is 0.387 e. The first kappa shape index (κ1) is 44.0. The van der Waals surface area contributed by atoms with Crippen molar-refractivity contribution in [2.24, 2.45) is 0 Å². The molecule has 0 radical (unpaired) electrons. The van der Waals surface area contributed by atoms with Gasteiger partial charge in [-0.05, 0) is 32.1 Å². The van der Waals surface area contributed by atoms with Gasteiger partial charge in [0, 0.05) is 6.42 Å². The predicted molar refractivity (Wildman–Crippen MR) is 189 cm³/mol. The monoisotopic (exact) mass is 660 g/mol. The number of aliphatic hydroxyl groups is 1. The zero-order valence-corrected chi connectivity index (χ0v) is 30.8. The summed E-state index contributed by atoms with van der Waals surface area (Å²) in [4.78, 5) is 22.5. The number of phosphoric acid groups is 1. The molecular formula is C36H72N2O6P+. The summed E-state index contributed by atoms with van der Waals surface area (Å²) >= 11 is 0. The quantitative estimate of drug-likeness (QED) is 0.0288. The van der Waals surface area contributed by atoms with Gasteiger partial charge in [-0.3, -0.25) is 13.8 Å². The Morgan fingerprint density at radius 1 is 0.733 bits per heavy atom. The van der Waals surface area contributed by atoms with E-state index in [0.717, 1.165) is 38.5 Å².